The van der Waals surface area contributed by atoms with Gasteiger partial charge in [0.15, 0.2) is 0 Å². The second-order valence-electron chi connectivity index (χ2n) is 9.14. The van der Waals surface area contributed by atoms with Gasteiger partial charge >= 0.3 is 0 Å². The highest BCUT2D eigenvalue weighted by molar-refractivity contribution is 5.96. The van der Waals surface area contributed by atoms with Crippen LogP contribution in [0.1, 0.15) is 53.1 Å². The normalized spacial score (nSPS) is 15.2. The number of hydrogen-bond acceptors (Lipinski definition) is 3. The van der Waals surface area contributed by atoms with Gasteiger partial charge in [-0.1, -0.05) is 73.2 Å². The molecule has 1 atom stereocenters. The molecule has 172 valence electrons. The van der Waals surface area contributed by atoms with Crippen molar-refractivity contribution in [2.24, 2.45) is 0 Å². The van der Waals surface area contributed by atoms with Crippen LogP contribution in [-0.4, -0.2) is 23.9 Å². The molecule has 0 spiro atoms. The molecule has 3 aromatic carbocycles. The summed E-state index contributed by atoms with van der Waals surface area (Å²) in [5, 5.41) is 6.71. The van der Waals surface area contributed by atoms with Crippen LogP contribution >= 0.6 is 0 Å². The van der Waals surface area contributed by atoms with E-state index in [0.717, 1.165) is 28.9 Å². The third-order valence-electron chi connectivity index (χ3n) is 6.50. The summed E-state index contributed by atoms with van der Waals surface area (Å²) in [7, 11) is 0. The Hall–Kier alpha value is -2.95. The second-order valence-corrected chi connectivity index (χ2v) is 9.14. The van der Waals surface area contributed by atoms with Crippen LogP contribution in [0.3, 0.4) is 0 Å². The Kier molecular flexibility index (Phi) is 7.92. The van der Waals surface area contributed by atoms with E-state index in [9.17, 15) is 4.79 Å². The molecule has 1 heterocycles. The highest BCUT2D eigenvalue weighted by Crippen LogP contribution is 2.22. The van der Waals surface area contributed by atoms with Crippen molar-refractivity contribution in [1.82, 2.24) is 10.2 Å². The first-order valence-electron chi connectivity index (χ1n) is 12.1. The number of nitrogens with one attached hydrogen (secondary N) is 2. The standard InChI is InChI=1S/C29H35N3O/c1-22-15-16-23(2)27(19-22)31-29(33)28(24-11-5-3-6-12-24)30-20-25-13-7-8-14-26(25)21-32-17-9-4-10-18-32/h3,5-8,11-16,19,28,30H,4,9-10,17-18,20-21H2,1-2H3,(H,31,33). The number of carbonyl (C=O) groups is 1. The molecule has 0 bridgehead atoms. The number of benzene rings is 3. The van der Waals surface area contributed by atoms with Gasteiger partial charge in [-0.2, -0.15) is 0 Å². The maximum Gasteiger partial charge on any atom is 0.246 e. The molecule has 1 aliphatic heterocycles. The van der Waals surface area contributed by atoms with Gasteiger partial charge in [0, 0.05) is 18.8 Å². The molecule has 0 aromatic heterocycles. The number of aryl methyl sites for hydroxylation is 2. The van der Waals surface area contributed by atoms with E-state index in [1.807, 2.05) is 56.3 Å². The van der Waals surface area contributed by atoms with Crippen molar-refractivity contribution in [3.8, 4) is 0 Å². The van der Waals surface area contributed by atoms with E-state index in [1.54, 1.807) is 0 Å². The van der Waals surface area contributed by atoms with Gasteiger partial charge in [0.25, 0.3) is 0 Å². The molecule has 33 heavy (non-hydrogen) atoms. The molecular formula is C29H35N3O. The summed E-state index contributed by atoms with van der Waals surface area (Å²) >= 11 is 0. The number of carbonyl (C=O) groups excluding carboxylic acids is 1. The van der Waals surface area contributed by atoms with Gasteiger partial charge in [0.2, 0.25) is 5.91 Å². The highest BCUT2D eigenvalue weighted by Gasteiger charge is 2.21. The summed E-state index contributed by atoms with van der Waals surface area (Å²) in [4.78, 5) is 16.0. The third-order valence-corrected chi connectivity index (χ3v) is 6.50. The summed E-state index contributed by atoms with van der Waals surface area (Å²) in [6, 6.07) is 24.3. The summed E-state index contributed by atoms with van der Waals surface area (Å²) in [5.41, 5.74) is 6.62. The Labute approximate surface area is 198 Å². The van der Waals surface area contributed by atoms with Gasteiger partial charge in [0.05, 0.1) is 0 Å². The quantitative estimate of drug-likeness (QED) is 0.467. The molecule has 1 aliphatic rings. The van der Waals surface area contributed by atoms with E-state index in [1.165, 1.54) is 43.5 Å². The van der Waals surface area contributed by atoms with E-state index >= 15 is 0 Å². The lowest BCUT2D eigenvalue weighted by Crippen LogP contribution is -2.33. The number of rotatable bonds is 8. The molecule has 3 aromatic rings. The van der Waals surface area contributed by atoms with Crippen LogP contribution < -0.4 is 10.6 Å². The smallest absolute Gasteiger partial charge is 0.246 e. The maximum absolute atomic E-state index is 13.4. The Morgan fingerprint density at radius 2 is 1.58 bits per heavy atom. The van der Waals surface area contributed by atoms with Crippen LogP contribution in [0, 0.1) is 13.8 Å². The van der Waals surface area contributed by atoms with E-state index in [2.05, 4.69) is 45.9 Å². The average molecular weight is 442 g/mol. The van der Waals surface area contributed by atoms with Crippen molar-refractivity contribution < 1.29 is 4.79 Å². The fourth-order valence-electron chi connectivity index (χ4n) is 4.54. The van der Waals surface area contributed by atoms with Gasteiger partial charge in [0.1, 0.15) is 6.04 Å². The van der Waals surface area contributed by atoms with Gasteiger partial charge in [-0.25, -0.2) is 0 Å². The number of likely N-dealkylation sites (tertiary alicyclic amines) is 1. The van der Waals surface area contributed by atoms with Crippen LogP contribution in [0.25, 0.3) is 0 Å². The molecule has 1 amide bonds. The summed E-state index contributed by atoms with van der Waals surface area (Å²) < 4.78 is 0. The Bertz CT molecular complexity index is 1060. The van der Waals surface area contributed by atoms with E-state index < -0.39 is 6.04 Å². The van der Waals surface area contributed by atoms with E-state index in [0.29, 0.717) is 6.54 Å². The predicted octanol–water partition coefficient (Wildman–Crippen LogP) is 5.76. The predicted molar refractivity (Wildman–Crippen MR) is 136 cm³/mol. The lowest BCUT2D eigenvalue weighted by atomic mass is 10.0. The molecule has 4 rings (SSSR count). The first kappa shape index (κ1) is 23.2. The third kappa shape index (κ3) is 6.31. The lowest BCUT2D eigenvalue weighted by Gasteiger charge is -2.27. The van der Waals surface area contributed by atoms with Crippen LogP contribution in [0.15, 0.2) is 72.8 Å². The van der Waals surface area contributed by atoms with Crippen LogP contribution in [0.4, 0.5) is 5.69 Å². The first-order chi connectivity index (χ1) is 16.1. The fourth-order valence-corrected chi connectivity index (χ4v) is 4.54. The Morgan fingerprint density at radius 1 is 0.879 bits per heavy atom. The van der Waals surface area contributed by atoms with Gasteiger partial charge in [-0.3, -0.25) is 15.0 Å². The lowest BCUT2D eigenvalue weighted by molar-refractivity contribution is -0.118. The van der Waals surface area contributed by atoms with Crippen LogP contribution in [-0.2, 0) is 17.9 Å². The SMILES string of the molecule is Cc1ccc(C)c(NC(=O)C(NCc2ccccc2CN2CCCCC2)c2ccccc2)c1. The minimum absolute atomic E-state index is 0.0385. The zero-order chi connectivity index (χ0) is 23.0. The van der Waals surface area contributed by atoms with Crippen molar-refractivity contribution in [2.45, 2.75) is 52.2 Å². The number of amides is 1. The van der Waals surface area contributed by atoms with Gasteiger partial charge in [-0.15, -0.1) is 0 Å². The van der Waals surface area contributed by atoms with E-state index in [-0.39, 0.29) is 5.91 Å². The Balaban J connectivity index is 1.51. The molecular weight excluding hydrogens is 406 g/mol. The second kappa shape index (κ2) is 11.3. The molecule has 4 nitrogen and oxygen atoms in total. The minimum atomic E-state index is -0.436. The summed E-state index contributed by atoms with van der Waals surface area (Å²) in [6.07, 6.45) is 3.91. The molecule has 0 aliphatic carbocycles. The fraction of sp³-hybridized carbons (Fsp3) is 0.345. The maximum atomic E-state index is 13.4. The average Bonchev–Trinajstić information content (AvgIpc) is 2.84. The van der Waals surface area contributed by atoms with Crippen molar-refractivity contribution in [3.05, 3.63) is 101 Å². The van der Waals surface area contributed by atoms with Gasteiger partial charge < -0.3 is 5.32 Å². The molecule has 0 radical (unpaired) electrons. The van der Waals surface area contributed by atoms with Crippen molar-refractivity contribution >= 4 is 11.6 Å². The number of nitrogens with zero attached hydrogens (tertiary/aromatic N) is 1. The van der Waals surface area contributed by atoms with Crippen molar-refractivity contribution in [3.63, 3.8) is 0 Å². The molecule has 1 fully saturated rings. The van der Waals surface area contributed by atoms with Crippen molar-refractivity contribution in [2.75, 3.05) is 18.4 Å². The minimum Gasteiger partial charge on any atom is -0.324 e. The van der Waals surface area contributed by atoms with Gasteiger partial charge in [-0.05, 0) is 73.7 Å². The van der Waals surface area contributed by atoms with Crippen LogP contribution in [0.2, 0.25) is 0 Å². The summed E-state index contributed by atoms with van der Waals surface area (Å²) in [6.45, 7) is 8.03. The first-order valence-corrected chi connectivity index (χ1v) is 12.1. The largest absolute Gasteiger partial charge is 0.324 e. The zero-order valence-electron chi connectivity index (χ0n) is 19.8. The number of anilines is 1. The summed E-state index contributed by atoms with van der Waals surface area (Å²) in [5.74, 6) is -0.0385. The monoisotopic (exact) mass is 441 g/mol. The van der Waals surface area contributed by atoms with Crippen LogP contribution in [0.5, 0.6) is 0 Å². The molecule has 0 saturated carbocycles. The number of hydrogen-bond donors (Lipinski definition) is 2. The topological polar surface area (TPSA) is 44.4 Å². The number of piperidine rings is 1. The molecule has 2 N–H and O–H groups in total. The Morgan fingerprint density at radius 3 is 2.33 bits per heavy atom. The zero-order valence-corrected chi connectivity index (χ0v) is 19.8. The molecule has 1 unspecified atom stereocenters. The molecule has 4 heteroatoms. The van der Waals surface area contributed by atoms with Crippen molar-refractivity contribution in [1.29, 1.82) is 0 Å². The molecule has 1 saturated heterocycles. The highest BCUT2D eigenvalue weighted by atomic mass is 16.2. The van der Waals surface area contributed by atoms with E-state index in [4.69, 9.17) is 0 Å².